The predicted octanol–water partition coefficient (Wildman–Crippen LogP) is 3.15. The minimum atomic E-state index is -0.195. The molecule has 1 amide bonds. The molecule has 3 aromatic rings. The standard InChI is InChI=1S/C25H30FN5O3/c1-17-21(22-23(28-16-29-25(22)34-17)31-9-11-33-12-10-31)24(32)27-14-18-5-7-30(8-6-18)15-19-3-2-4-20(26)13-19/h2-4,13,16,18H,5-12,14-15H2,1H3,(H,27,32). The van der Waals surface area contributed by atoms with Crippen LogP contribution in [0, 0.1) is 18.7 Å². The second-order valence-corrected chi connectivity index (χ2v) is 9.07. The number of piperidine rings is 1. The highest BCUT2D eigenvalue weighted by molar-refractivity contribution is 6.10. The Morgan fingerprint density at radius 3 is 2.74 bits per heavy atom. The molecule has 2 aliphatic rings. The van der Waals surface area contributed by atoms with Crippen molar-refractivity contribution in [2.75, 3.05) is 50.8 Å². The molecule has 0 spiro atoms. The first-order valence-electron chi connectivity index (χ1n) is 11.9. The molecule has 180 valence electrons. The van der Waals surface area contributed by atoms with Crippen LogP contribution in [0.5, 0.6) is 0 Å². The number of furan rings is 1. The summed E-state index contributed by atoms with van der Waals surface area (Å²) in [6, 6.07) is 6.78. The fourth-order valence-electron chi connectivity index (χ4n) is 4.88. The van der Waals surface area contributed by atoms with E-state index in [1.807, 2.05) is 6.07 Å². The first-order chi connectivity index (χ1) is 16.6. The monoisotopic (exact) mass is 467 g/mol. The molecule has 8 nitrogen and oxygen atoms in total. The number of hydrogen-bond donors (Lipinski definition) is 1. The van der Waals surface area contributed by atoms with Gasteiger partial charge in [0.25, 0.3) is 5.91 Å². The van der Waals surface area contributed by atoms with Gasteiger partial charge in [-0.25, -0.2) is 14.4 Å². The summed E-state index contributed by atoms with van der Waals surface area (Å²) in [7, 11) is 0. The van der Waals surface area contributed by atoms with Crippen LogP contribution in [0.15, 0.2) is 35.0 Å². The molecule has 4 heterocycles. The summed E-state index contributed by atoms with van der Waals surface area (Å²) < 4.78 is 24.7. The van der Waals surface area contributed by atoms with Crippen molar-refractivity contribution < 1.29 is 18.3 Å². The second-order valence-electron chi connectivity index (χ2n) is 9.07. The van der Waals surface area contributed by atoms with Crippen LogP contribution in [0.4, 0.5) is 10.2 Å². The van der Waals surface area contributed by atoms with Gasteiger partial charge in [-0.2, -0.15) is 0 Å². The molecule has 2 fully saturated rings. The summed E-state index contributed by atoms with van der Waals surface area (Å²) in [6.45, 7) is 7.70. The summed E-state index contributed by atoms with van der Waals surface area (Å²) >= 11 is 0. The summed E-state index contributed by atoms with van der Waals surface area (Å²) in [5.41, 5.74) is 1.94. The number of anilines is 1. The quantitative estimate of drug-likeness (QED) is 0.596. The molecule has 34 heavy (non-hydrogen) atoms. The number of ether oxygens (including phenoxy) is 1. The lowest BCUT2D eigenvalue weighted by atomic mass is 9.96. The second kappa shape index (κ2) is 10.1. The van der Waals surface area contributed by atoms with E-state index in [9.17, 15) is 9.18 Å². The van der Waals surface area contributed by atoms with Crippen LogP contribution in [0.25, 0.3) is 11.1 Å². The number of aryl methyl sites for hydroxylation is 1. The van der Waals surface area contributed by atoms with Crippen molar-refractivity contribution in [1.29, 1.82) is 0 Å². The van der Waals surface area contributed by atoms with E-state index in [4.69, 9.17) is 9.15 Å². The number of nitrogens with one attached hydrogen (secondary N) is 1. The van der Waals surface area contributed by atoms with Crippen molar-refractivity contribution in [3.05, 3.63) is 53.3 Å². The van der Waals surface area contributed by atoms with Gasteiger partial charge in [0.05, 0.1) is 24.2 Å². The van der Waals surface area contributed by atoms with E-state index >= 15 is 0 Å². The molecule has 2 saturated heterocycles. The minimum absolute atomic E-state index is 0.150. The molecule has 0 radical (unpaired) electrons. The van der Waals surface area contributed by atoms with Crippen LogP contribution in [0.3, 0.4) is 0 Å². The fourth-order valence-corrected chi connectivity index (χ4v) is 4.88. The lowest BCUT2D eigenvalue weighted by Crippen LogP contribution is -2.38. The van der Waals surface area contributed by atoms with Gasteiger partial charge < -0.3 is 19.4 Å². The highest BCUT2D eigenvalue weighted by atomic mass is 19.1. The van der Waals surface area contributed by atoms with Gasteiger partial charge in [0.1, 0.15) is 23.7 Å². The Bertz CT molecular complexity index is 1150. The van der Waals surface area contributed by atoms with E-state index in [1.54, 1.807) is 19.1 Å². The van der Waals surface area contributed by atoms with Crippen molar-refractivity contribution in [2.45, 2.75) is 26.3 Å². The third kappa shape index (κ3) is 4.90. The molecule has 1 N–H and O–H groups in total. The van der Waals surface area contributed by atoms with E-state index in [0.717, 1.165) is 43.9 Å². The number of nitrogens with zero attached hydrogens (tertiary/aromatic N) is 4. The molecule has 2 aliphatic heterocycles. The largest absolute Gasteiger partial charge is 0.442 e. The Hall–Kier alpha value is -3.04. The lowest BCUT2D eigenvalue weighted by Gasteiger charge is -2.32. The van der Waals surface area contributed by atoms with E-state index < -0.39 is 0 Å². The molecule has 0 bridgehead atoms. The number of carbonyl (C=O) groups excluding carboxylic acids is 1. The highest BCUT2D eigenvalue weighted by Gasteiger charge is 2.27. The minimum Gasteiger partial charge on any atom is -0.442 e. The van der Waals surface area contributed by atoms with Gasteiger partial charge in [0.15, 0.2) is 0 Å². The number of morpholine rings is 1. The SMILES string of the molecule is Cc1oc2ncnc(N3CCOCC3)c2c1C(=O)NCC1CCN(Cc2cccc(F)c2)CC1. The van der Waals surface area contributed by atoms with Gasteiger partial charge >= 0.3 is 0 Å². The van der Waals surface area contributed by atoms with Crippen molar-refractivity contribution in [3.8, 4) is 0 Å². The van der Waals surface area contributed by atoms with Gasteiger partial charge in [0.2, 0.25) is 5.71 Å². The summed E-state index contributed by atoms with van der Waals surface area (Å²) in [4.78, 5) is 26.4. The lowest BCUT2D eigenvalue weighted by molar-refractivity contribution is 0.0935. The zero-order chi connectivity index (χ0) is 23.5. The number of carbonyl (C=O) groups is 1. The summed E-state index contributed by atoms with van der Waals surface area (Å²) in [6.07, 6.45) is 3.46. The van der Waals surface area contributed by atoms with Crippen LogP contribution in [-0.2, 0) is 11.3 Å². The molecule has 5 rings (SSSR count). The van der Waals surface area contributed by atoms with Gasteiger partial charge in [0, 0.05) is 26.2 Å². The molecular formula is C25H30FN5O3. The normalized spacial score (nSPS) is 17.9. The number of halogens is 1. The number of fused-ring (bicyclic) bond motifs is 1. The van der Waals surface area contributed by atoms with Gasteiger partial charge in [-0.3, -0.25) is 9.69 Å². The van der Waals surface area contributed by atoms with Crippen LogP contribution < -0.4 is 10.2 Å². The van der Waals surface area contributed by atoms with Crippen LogP contribution in [0.2, 0.25) is 0 Å². The average molecular weight is 468 g/mol. The molecule has 0 aliphatic carbocycles. The van der Waals surface area contributed by atoms with Crippen LogP contribution in [-0.4, -0.2) is 66.7 Å². The topological polar surface area (TPSA) is 83.7 Å². The van der Waals surface area contributed by atoms with Crippen LogP contribution >= 0.6 is 0 Å². The van der Waals surface area contributed by atoms with E-state index in [1.165, 1.54) is 12.4 Å². The first-order valence-corrected chi connectivity index (χ1v) is 11.9. The van der Waals surface area contributed by atoms with E-state index in [2.05, 4.69) is 25.1 Å². The summed E-state index contributed by atoms with van der Waals surface area (Å²) in [5.74, 6) is 1.33. The Morgan fingerprint density at radius 1 is 1.18 bits per heavy atom. The van der Waals surface area contributed by atoms with Gasteiger partial charge in [-0.1, -0.05) is 12.1 Å². The van der Waals surface area contributed by atoms with E-state index in [0.29, 0.717) is 61.2 Å². The average Bonchev–Trinajstić information content (AvgIpc) is 3.20. The zero-order valence-electron chi connectivity index (χ0n) is 19.4. The van der Waals surface area contributed by atoms with Crippen LogP contribution in [0.1, 0.15) is 34.5 Å². The van der Waals surface area contributed by atoms with Crippen molar-refractivity contribution in [3.63, 3.8) is 0 Å². The number of likely N-dealkylation sites (tertiary alicyclic amines) is 1. The van der Waals surface area contributed by atoms with Crippen molar-refractivity contribution >= 4 is 22.8 Å². The number of benzene rings is 1. The van der Waals surface area contributed by atoms with Gasteiger partial charge in [-0.05, 0) is 56.5 Å². The predicted molar refractivity (Wildman–Crippen MR) is 126 cm³/mol. The molecule has 9 heteroatoms. The number of amides is 1. The number of hydrogen-bond acceptors (Lipinski definition) is 7. The number of rotatable bonds is 6. The van der Waals surface area contributed by atoms with Crippen molar-refractivity contribution in [1.82, 2.24) is 20.2 Å². The highest BCUT2D eigenvalue weighted by Crippen LogP contribution is 2.31. The Labute approximate surface area is 198 Å². The maximum Gasteiger partial charge on any atom is 0.255 e. The first kappa shape index (κ1) is 22.7. The smallest absolute Gasteiger partial charge is 0.255 e. The maximum absolute atomic E-state index is 13.5. The van der Waals surface area contributed by atoms with Gasteiger partial charge in [-0.15, -0.1) is 0 Å². The number of aromatic nitrogens is 2. The Balaban J connectivity index is 1.21. The Kier molecular flexibility index (Phi) is 6.73. The molecule has 0 atom stereocenters. The summed E-state index contributed by atoms with van der Waals surface area (Å²) in [5, 5.41) is 3.79. The molecule has 0 saturated carbocycles. The third-order valence-corrected chi connectivity index (χ3v) is 6.74. The van der Waals surface area contributed by atoms with Crippen molar-refractivity contribution in [2.24, 2.45) is 5.92 Å². The third-order valence-electron chi connectivity index (χ3n) is 6.74. The molecule has 0 unspecified atom stereocenters. The van der Waals surface area contributed by atoms with E-state index in [-0.39, 0.29) is 11.7 Å². The fraction of sp³-hybridized carbons (Fsp3) is 0.480. The molecular weight excluding hydrogens is 437 g/mol. The molecule has 1 aromatic carbocycles. The zero-order valence-corrected chi connectivity index (χ0v) is 19.4. The maximum atomic E-state index is 13.5. The molecule has 2 aromatic heterocycles. The Morgan fingerprint density at radius 2 is 1.97 bits per heavy atom.